The van der Waals surface area contributed by atoms with Crippen molar-refractivity contribution in [3.05, 3.63) is 83.6 Å². The van der Waals surface area contributed by atoms with Gasteiger partial charge in [0.15, 0.2) is 6.10 Å². The number of nitrogens with zero attached hydrogens (tertiary/aromatic N) is 2. The highest BCUT2D eigenvalue weighted by Crippen LogP contribution is 2.23. The van der Waals surface area contributed by atoms with E-state index in [9.17, 15) is 9.59 Å². The fourth-order valence-corrected chi connectivity index (χ4v) is 2.77. The number of primary amides is 1. The summed E-state index contributed by atoms with van der Waals surface area (Å²) in [5.41, 5.74) is 9.92. The first-order valence-electron chi connectivity index (χ1n) is 9.29. The third kappa shape index (κ3) is 5.42. The zero-order valence-corrected chi connectivity index (χ0v) is 16.4. The summed E-state index contributed by atoms with van der Waals surface area (Å²) in [5, 5.41) is 4.70. The molecule has 0 aliphatic carbocycles. The first-order chi connectivity index (χ1) is 13.9. The molecule has 1 amide bonds. The van der Waals surface area contributed by atoms with Crippen LogP contribution in [0.5, 0.6) is 0 Å². The number of amides is 1. The molecular formula is C23H23N3O3. The van der Waals surface area contributed by atoms with Gasteiger partial charge in [0.2, 0.25) is 0 Å². The fourth-order valence-electron chi connectivity index (χ4n) is 2.77. The Hall–Kier alpha value is -3.67. The van der Waals surface area contributed by atoms with Gasteiger partial charge in [-0.25, -0.2) is 4.79 Å². The highest BCUT2D eigenvalue weighted by molar-refractivity contribution is 5.91. The number of benzene rings is 2. The van der Waals surface area contributed by atoms with Crippen molar-refractivity contribution >= 4 is 18.0 Å². The van der Waals surface area contributed by atoms with Crippen LogP contribution in [-0.4, -0.2) is 27.8 Å². The molecule has 1 aromatic heterocycles. The summed E-state index contributed by atoms with van der Waals surface area (Å²) in [7, 11) is 0. The van der Waals surface area contributed by atoms with Crippen molar-refractivity contribution in [2.24, 2.45) is 5.73 Å². The maximum absolute atomic E-state index is 12.0. The number of aromatic nitrogens is 2. The van der Waals surface area contributed by atoms with E-state index in [1.54, 1.807) is 6.08 Å². The van der Waals surface area contributed by atoms with Gasteiger partial charge in [-0.3, -0.25) is 9.48 Å². The Kier molecular flexibility index (Phi) is 6.24. The average molecular weight is 389 g/mol. The SMILES string of the molecule is Cc1ccc(Cn2cc(/C=C/C(=O)O[C@@H](C)C(N)=O)c(-c3ccccc3)n2)cc1. The van der Waals surface area contributed by atoms with E-state index in [-0.39, 0.29) is 0 Å². The molecule has 1 heterocycles. The summed E-state index contributed by atoms with van der Waals surface area (Å²) in [5.74, 6) is -1.33. The molecule has 3 rings (SSSR count). The quantitative estimate of drug-likeness (QED) is 0.496. The second-order valence-electron chi connectivity index (χ2n) is 6.80. The monoisotopic (exact) mass is 389 g/mol. The summed E-state index contributed by atoms with van der Waals surface area (Å²) >= 11 is 0. The van der Waals surface area contributed by atoms with E-state index in [2.05, 4.69) is 24.3 Å². The number of nitrogens with two attached hydrogens (primary N) is 1. The molecule has 1 atom stereocenters. The van der Waals surface area contributed by atoms with Crippen molar-refractivity contribution in [1.29, 1.82) is 0 Å². The first kappa shape index (κ1) is 20.1. The minimum atomic E-state index is -0.981. The number of aryl methyl sites for hydroxylation is 1. The Morgan fingerprint density at radius 2 is 1.83 bits per heavy atom. The van der Waals surface area contributed by atoms with Crippen molar-refractivity contribution < 1.29 is 14.3 Å². The molecule has 0 saturated carbocycles. The molecule has 29 heavy (non-hydrogen) atoms. The van der Waals surface area contributed by atoms with Crippen LogP contribution in [0.2, 0.25) is 0 Å². The van der Waals surface area contributed by atoms with E-state index in [1.165, 1.54) is 18.6 Å². The summed E-state index contributed by atoms with van der Waals surface area (Å²) in [4.78, 5) is 23.0. The molecule has 0 aliphatic rings. The standard InChI is InChI=1S/C23H23N3O3/c1-16-8-10-18(11-9-16)14-26-15-20(12-13-21(27)29-17(2)23(24)28)22(25-26)19-6-4-3-5-7-19/h3-13,15,17H,14H2,1-2H3,(H2,24,28)/b13-12+/t17-/m0/s1. The van der Waals surface area contributed by atoms with Gasteiger partial charge in [-0.05, 0) is 25.5 Å². The Labute approximate surface area is 169 Å². The van der Waals surface area contributed by atoms with Crippen LogP contribution in [0.4, 0.5) is 0 Å². The summed E-state index contributed by atoms with van der Waals surface area (Å²) in [6.07, 6.45) is 3.81. The van der Waals surface area contributed by atoms with Crippen LogP contribution in [0.15, 0.2) is 66.9 Å². The lowest BCUT2D eigenvalue weighted by atomic mass is 10.1. The molecule has 148 valence electrons. The van der Waals surface area contributed by atoms with Gasteiger partial charge in [0.1, 0.15) is 0 Å². The maximum atomic E-state index is 12.0. The van der Waals surface area contributed by atoms with E-state index in [4.69, 9.17) is 15.6 Å². The number of rotatable bonds is 7. The number of carbonyl (C=O) groups excluding carboxylic acids is 2. The number of carbonyl (C=O) groups is 2. The predicted molar refractivity (Wildman–Crippen MR) is 112 cm³/mol. The molecule has 0 saturated heterocycles. The molecule has 0 radical (unpaired) electrons. The summed E-state index contributed by atoms with van der Waals surface area (Å²) < 4.78 is 6.80. The van der Waals surface area contributed by atoms with Gasteiger partial charge in [0, 0.05) is 23.4 Å². The number of esters is 1. The van der Waals surface area contributed by atoms with Crippen LogP contribution in [0, 0.1) is 6.92 Å². The highest BCUT2D eigenvalue weighted by Gasteiger charge is 2.14. The van der Waals surface area contributed by atoms with E-state index in [1.807, 2.05) is 48.1 Å². The minimum Gasteiger partial charge on any atom is -0.449 e. The number of hydrogen-bond acceptors (Lipinski definition) is 4. The zero-order valence-electron chi connectivity index (χ0n) is 16.4. The Morgan fingerprint density at radius 1 is 1.14 bits per heavy atom. The molecule has 0 aliphatic heterocycles. The number of ether oxygens (including phenoxy) is 1. The van der Waals surface area contributed by atoms with Gasteiger partial charge in [-0.2, -0.15) is 5.10 Å². The normalized spacial score (nSPS) is 12.1. The average Bonchev–Trinajstić information content (AvgIpc) is 3.11. The van der Waals surface area contributed by atoms with Crippen LogP contribution < -0.4 is 5.73 Å². The van der Waals surface area contributed by atoms with Gasteiger partial charge in [-0.1, -0.05) is 60.2 Å². The zero-order chi connectivity index (χ0) is 20.8. The molecule has 0 unspecified atom stereocenters. The lowest BCUT2D eigenvalue weighted by Crippen LogP contribution is -2.29. The van der Waals surface area contributed by atoms with Crippen molar-refractivity contribution in [1.82, 2.24) is 9.78 Å². The third-order valence-corrected chi connectivity index (χ3v) is 4.39. The van der Waals surface area contributed by atoms with E-state index < -0.39 is 18.0 Å². The summed E-state index contributed by atoms with van der Waals surface area (Å²) in [6.45, 7) is 4.09. The lowest BCUT2D eigenvalue weighted by molar-refractivity contribution is -0.148. The minimum absolute atomic E-state index is 0.608. The maximum Gasteiger partial charge on any atom is 0.331 e. The Morgan fingerprint density at radius 3 is 2.48 bits per heavy atom. The number of hydrogen-bond donors (Lipinski definition) is 1. The largest absolute Gasteiger partial charge is 0.449 e. The van der Waals surface area contributed by atoms with Crippen molar-refractivity contribution in [2.45, 2.75) is 26.5 Å². The molecule has 3 aromatic rings. The van der Waals surface area contributed by atoms with Gasteiger partial charge < -0.3 is 10.5 Å². The first-order valence-corrected chi connectivity index (χ1v) is 9.29. The molecule has 2 N–H and O–H groups in total. The van der Waals surface area contributed by atoms with Gasteiger partial charge in [0.25, 0.3) is 5.91 Å². The smallest absolute Gasteiger partial charge is 0.331 e. The Bertz CT molecular complexity index is 1020. The van der Waals surface area contributed by atoms with Crippen molar-refractivity contribution in [3.8, 4) is 11.3 Å². The molecule has 6 heteroatoms. The Balaban J connectivity index is 1.87. The second kappa shape index (κ2) is 9.01. The summed E-state index contributed by atoms with van der Waals surface area (Å²) in [6, 6.07) is 18.0. The van der Waals surface area contributed by atoms with Gasteiger partial charge in [0.05, 0.1) is 12.2 Å². The highest BCUT2D eigenvalue weighted by atomic mass is 16.5. The van der Waals surface area contributed by atoms with Gasteiger partial charge >= 0.3 is 5.97 Å². The van der Waals surface area contributed by atoms with Crippen molar-refractivity contribution in [3.63, 3.8) is 0 Å². The van der Waals surface area contributed by atoms with Crippen LogP contribution in [0.3, 0.4) is 0 Å². The van der Waals surface area contributed by atoms with Crippen LogP contribution in [0.25, 0.3) is 17.3 Å². The molecule has 0 spiro atoms. The van der Waals surface area contributed by atoms with Crippen LogP contribution in [0.1, 0.15) is 23.6 Å². The van der Waals surface area contributed by atoms with Crippen LogP contribution in [-0.2, 0) is 20.9 Å². The lowest BCUT2D eigenvalue weighted by Gasteiger charge is -2.06. The van der Waals surface area contributed by atoms with Crippen molar-refractivity contribution in [2.75, 3.05) is 0 Å². The molecule has 0 fully saturated rings. The van der Waals surface area contributed by atoms with Crippen LogP contribution >= 0.6 is 0 Å². The second-order valence-corrected chi connectivity index (χ2v) is 6.80. The predicted octanol–water partition coefficient (Wildman–Crippen LogP) is 3.34. The van der Waals surface area contributed by atoms with Gasteiger partial charge in [-0.15, -0.1) is 0 Å². The molecular weight excluding hydrogens is 366 g/mol. The van der Waals surface area contributed by atoms with E-state index in [0.29, 0.717) is 6.54 Å². The van der Waals surface area contributed by atoms with E-state index >= 15 is 0 Å². The van der Waals surface area contributed by atoms with E-state index in [0.717, 1.165) is 22.4 Å². The third-order valence-electron chi connectivity index (χ3n) is 4.39. The molecule has 2 aromatic carbocycles. The topological polar surface area (TPSA) is 87.2 Å². The molecule has 0 bridgehead atoms. The fraction of sp³-hybridized carbons (Fsp3) is 0.174. The molecule has 6 nitrogen and oxygen atoms in total.